The lowest BCUT2D eigenvalue weighted by Crippen LogP contribution is -2.41. The van der Waals surface area contributed by atoms with Crippen LogP contribution in [0.2, 0.25) is 0 Å². The smallest absolute Gasteiger partial charge is 0.265 e. The van der Waals surface area contributed by atoms with E-state index in [1.807, 2.05) is 10.8 Å². The number of fused-ring (bicyclic) bond motifs is 2. The van der Waals surface area contributed by atoms with Crippen LogP contribution >= 0.6 is 22.7 Å². The molecular formula is C48H46N4O10S4. The summed E-state index contributed by atoms with van der Waals surface area (Å²) in [6.45, 7) is 2.08. The molecule has 10 rings (SSSR count). The fourth-order valence-corrected chi connectivity index (χ4v) is 12.9. The van der Waals surface area contributed by atoms with Crippen molar-refractivity contribution in [3.05, 3.63) is 140 Å². The highest BCUT2D eigenvalue weighted by atomic mass is 32.2. The predicted molar refractivity (Wildman–Crippen MR) is 249 cm³/mol. The molecule has 4 atom stereocenters. The molecule has 1 unspecified atom stereocenters. The van der Waals surface area contributed by atoms with Crippen LogP contribution in [0, 0.1) is 11.8 Å². The van der Waals surface area contributed by atoms with Crippen LogP contribution < -0.4 is 18.9 Å². The molecule has 0 saturated heterocycles. The van der Waals surface area contributed by atoms with Gasteiger partial charge in [0.25, 0.3) is 11.8 Å². The molecule has 18 heteroatoms. The number of hydrogen-bond acceptors (Lipinski definition) is 14. The third-order valence-electron chi connectivity index (χ3n) is 13.5. The van der Waals surface area contributed by atoms with Gasteiger partial charge >= 0.3 is 0 Å². The number of amides is 2. The van der Waals surface area contributed by atoms with Gasteiger partial charge in [-0.2, -0.15) is 0 Å². The average molecular weight is 967 g/mol. The van der Waals surface area contributed by atoms with Crippen LogP contribution in [0.4, 0.5) is 0 Å². The molecule has 2 fully saturated rings. The van der Waals surface area contributed by atoms with Gasteiger partial charge in [0.1, 0.15) is 11.5 Å². The van der Waals surface area contributed by atoms with Crippen molar-refractivity contribution >= 4 is 54.5 Å². The second kappa shape index (κ2) is 17.0. The molecule has 66 heavy (non-hydrogen) atoms. The van der Waals surface area contributed by atoms with Gasteiger partial charge in [-0.3, -0.25) is 9.59 Å². The molecule has 4 heterocycles. The van der Waals surface area contributed by atoms with E-state index in [9.17, 15) is 36.6 Å². The lowest BCUT2D eigenvalue weighted by atomic mass is 9.88. The number of aliphatic hydroxyl groups is 2. The van der Waals surface area contributed by atoms with Gasteiger partial charge in [-0.05, 0) is 104 Å². The summed E-state index contributed by atoms with van der Waals surface area (Å²) < 4.78 is 69.4. The molecule has 4 N–H and O–H groups in total. The summed E-state index contributed by atoms with van der Waals surface area (Å²) in [5.74, 6) is -1.17. The van der Waals surface area contributed by atoms with E-state index in [1.165, 1.54) is 28.7 Å². The summed E-state index contributed by atoms with van der Waals surface area (Å²) in [4.78, 5) is 36.5. The number of aromatic nitrogens is 2. The number of ether oxygens (including phenoxy) is 2. The summed E-state index contributed by atoms with van der Waals surface area (Å²) in [6.07, 6.45) is 0.844. The Morgan fingerprint density at radius 2 is 1.21 bits per heavy atom. The van der Waals surface area contributed by atoms with Gasteiger partial charge in [0.2, 0.25) is 20.0 Å². The molecule has 4 aliphatic rings. The van der Waals surface area contributed by atoms with Crippen LogP contribution in [-0.2, 0) is 39.3 Å². The van der Waals surface area contributed by atoms with Crippen molar-refractivity contribution in [1.29, 1.82) is 0 Å². The number of rotatable bonds is 14. The first-order valence-corrected chi connectivity index (χ1v) is 26.5. The number of thiazole rings is 2. The molecular weight excluding hydrogens is 921 g/mol. The van der Waals surface area contributed by atoms with Crippen molar-refractivity contribution in [2.24, 2.45) is 11.8 Å². The lowest BCUT2D eigenvalue weighted by molar-refractivity contribution is 0.0502. The standard InChI is InChI=1S/C48H46N4O10S4/c1-47(12-13-47)65(57,58)51-46(56)37-9-6-28(16-40(37)30-8-11-39-42(20-30)62-23-32(44(39)54)18-34-25-64-27-50-34)21-48(14-15-48)66(59,60)52-45(55)36-5-3-2-4-35(36)29-7-10-38-41(19-29)61-22-31(43(38)53)17-33-24-63-26-49-33/h2-11,16,19-20,24-27,31-32,43-44,53-54H,12-15,17-18,21-23H2,1H3,(H,51,56)(H,52,55)/t31-,32+,43+,44?/m0/s1. The Morgan fingerprint density at radius 1 is 0.682 bits per heavy atom. The number of nitrogens with zero attached hydrogens (tertiary/aromatic N) is 2. The Hall–Kier alpha value is -5.50. The van der Waals surface area contributed by atoms with E-state index < -0.39 is 53.6 Å². The van der Waals surface area contributed by atoms with Crippen molar-refractivity contribution in [1.82, 2.24) is 19.4 Å². The van der Waals surface area contributed by atoms with Crippen LogP contribution in [0.1, 0.15) is 93.6 Å². The number of nitrogens with one attached hydrogen (secondary N) is 2. The summed E-state index contributed by atoms with van der Waals surface area (Å²) in [7, 11) is -8.30. The highest BCUT2D eigenvalue weighted by molar-refractivity contribution is 7.92. The second-order valence-corrected chi connectivity index (χ2v) is 23.7. The molecule has 0 bridgehead atoms. The molecule has 0 radical (unpaired) electrons. The molecule has 342 valence electrons. The average Bonchev–Trinajstić information content (AvgIpc) is 4.12. The fourth-order valence-electron chi connectivity index (χ4n) is 8.93. The number of carbonyl (C=O) groups is 2. The molecule has 2 aliphatic carbocycles. The fraction of sp³-hybridized carbons (Fsp3) is 0.333. The zero-order valence-electron chi connectivity index (χ0n) is 35.7. The van der Waals surface area contributed by atoms with Crippen LogP contribution in [-0.4, -0.2) is 71.5 Å². The van der Waals surface area contributed by atoms with E-state index in [0.717, 1.165) is 11.4 Å². The summed E-state index contributed by atoms with van der Waals surface area (Å²) in [6, 6.07) is 21.9. The zero-order valence-corrected chi connectivity index (χ0v) is 38.9. The summed E-state index contributed by atoms with van der Waals surface area (Å²) in [5, 5.41) is 26.5. The molecule has 6 aromatic rings. The van der Waals surface area contributed by atoms with Crippen molar-refractivity contribution in [2.45, 2.75) is 73.6 Å². The SMILES string of the molecule is CC1(S(=O)(=O)NC(=O)c2ccc(CC3(S(=O)(=O)NC(=O)c4ccccc4-c4ccc5c(c4)OC[C@H](Cc4cscn4)[C@H]5O)CC3)cc2-c2ccc3c(c2)OC[C@@H](Cc2cscn2)C3O)CC1. The van der Waals surface area contributed by atoms with Gasteiger partial charge in [-0.25, -0.2) is 36.2 Å². The Labute approximate surface area is 390 Å². The maximum Gasteiger partial charge on any atom is 0.265 e. The lowest BCUT2D eigenvalue weighted by Gasteiger charge is -2.30. The van der Waals surface area contributed by atoms with Crippen LogP contribution in [0.15, 0.2) is 101 Å². The first-order chi connectivity index (χ1) is 31.6. The quantitative estimate of drug-likeness (QED) is 0.0874. The third kappa shape index (κ3) is 8.43. The maximum absolute atomic E-state index is 14.3. The number of hydrogen-bond donors (Lipinski definition) is 4. The van der Waals surface area contributed by atoms with E-state index >= 15 is 0 Å². The number of aliphatic hydroxyl groups excluding tert-OH is 2. The van der Waals surface area contributed by atoms with E-state index in [1.54, 1.807) is 90.7 Å². The zero-order chi connectivity index (χ0) is 46.0. The van der Waals surface area contributed by atoms with E-state index in [4.69, 9.17) is 9.47 Å². The number of benzene rings is 4. The molecule has 2 saturated carbocycles. The predicted octanol–water partition coefficient (Wildman–Crippen LogP) is 6.95. The van der Waals surface area contributed by atoms with Crippen molar-refractivity contribution in [3.8, 4) is 33.8 Å². The number of carbonyl (C=O) groups excluding carboxylic acids is 2. The highest BCUT2D eigenvalue weighted by Crippen LogP contribution is 2.48. The molecule has 14 nitrogen and oxygen atoms in total. The van der Waals surface area contributed by atoms with Gasteiger partial charge in [0, 0.05) is 44.8 Å². The van der Waals surface area contributed by atoms with Crippen molar-refractivity contribution in [2.75, 3.05) is 13.2 Å². The molecule has 2 aromatic heterocycles. The van der Waals surface area contributed by atoms with Gasteiger partial charge in [0.05, 0.1) is 57.3 Å². The summed E-state index contributed by atoms with van der Waals surface area (Å²) >= 11 is 2.97. The van der Waals surface area contributed by atoms with Gasteiger partial charge in [0.15, 0.2) is 0 Å². The van der Waals surface area contributed by atoms with Crippen LogP contribution in [0.25, 0.3) is 22.3 Å². The largest absolute Gasteiger partial charge is 0.493 e. The van der Waals surface area contributed by atoms with E-state index in [2.05, 4.69) is 19.4 Å². The van der Waals surface area contributed by atoms with Crippen molar-refractivity contribution in [3.63, 3.8) is 0 Å². The van der Waals surface area contributed by atoms with E-state index in [0.29, 0.717) is 76.1 Å². The first-order valence-electron chi connectivity index (χ1n) is 21.6. The van der Waals surface area contributed by atoms with Gasteiger partial charge in [-0.15, -0.1) is 22.7 Å². The monoisotopic (exact) mass is 966 g/mol. The van der Waals surface area contributed by atoms with E-state index in [-0.39, 0.29) is 55.4 Å². The normalized spacial score (nSPS) is 21.3. The Kier molecular flexibility index (Phi) is 11.4. The highest BCUT2D eigenvalue weighted by Gasteiger charge is 2.55. The Balaban J connectivity index is 0.900. The second-order valence-electron chi connectivity index (χ2n) is 18.0. The van der Waals surface area contributed by atoms with Gasteiger partial charge < -0.3 is 19.7 Å². The minimum Gasteiger partial charge on any atom is -0.493 e. The topological polar surface area (TPSA) is 211 Å². The maximum atomic E-state index is 14.3. The summed E-state index contributed by atoms with van der Waals surface area (Å²) in [5.41, 5.74) is 9.08. The minimum atomic E-state index is -4.29. The van der Waals surface area contributed by atoms with Crippen molar-refractivity contribution < 1.29 is 46.1 Å². The molecule has 2 aliphatic heterocycles. The number of sulfonamides is 2. The van der Waals surface area contributed by atoms with Gasteiger partial charge in [-0.1, -0.05) is 54.6 Å². The van der Waals surface area contributed by atoms with Crippen LogP contribution in [0.5, 0.6) is 11.5 Å². The Morgan fingerprint density at radius 3 is 1.74 bits per heavy atom. The molecule has 0 spiro atoms. The third-order valence-corrected chi connectivity index (χ3v) is 19.0. The molecule has 2 amide bonds. The minimum absolute atomic E-state index is 0.00502. The Bertz CT molecular complexity index is 3080. The van der Waals surface area contributed by atoms with Crippen LogP contribution in [0.3, 0.4) is 0 Å². The first kappa shape index (κ1) is 44.3. The molecule has 4 aromatic carbocycles.